The summed E-state index contributed by atoms with van der Waals surface area (Å²) in [6.07, 6.45) is 9.51. The van der Waals surface area contributed by atoms with Crippen LogP contribution in [0.25, 0.3) is 0 Å². The van der Waals surface area contributed by atoms with Crippen LogP contribution in [0, 0.1) is 5.92 Å². The fourth-order valence-electron chi connectivity index (χ4n) is 4.06. The lowest BCUT2D eigenvalue weighted by molar-refractivity contribution is -0.117. The quantitative estimate of drug-likeness (QED) is 0.749. The molecule has 2 aliphatic rings. The number of hydrogen-bond acceptors (Lipinski definition) is 4. The van der Waals surface area contributed by atoms with E-state index in [0.717, 1.165) is 23.4 Å². The van der Waals surface area contributed by atoms with Crippen LogP contribution in [0.15, 0.2) is 48.8 Å². The van der Waals surface area contributed by atoms with E-state index in [1.165, 1.54) is 25.7 Å². The maximum atomic E-state index is 12.6. The van der Waals surface area contributed by atoms with E-state index in [4.69, 9.17) is 4.74 Å². The number of nitrogens with zero attached hydrogens (tertiary/aromatic N) is 1. The maximum absolute atomic E-state index is 12.6. The molecule has 5 nitrogen and oxygen atoms in total. The number of carbonyl (C=O) groups excluding carboxylic acids is 1. The average Bonchev–Trinajstić information content (AvgIpc) is 3.12. The van der Waals surface area contributed by atoms with Crippen molar-refractivity contribution >= 4 is 36.4 Å². The van der Waals surface area contributed by atoms with E-state index >= 15 is 0 Å². The minimum atomic E-state index is -0.0805. The minimum Gasteiger partial charge on any atom is -0.489 e. The highest BCUT2D eigenvalue weighted by Gasteiger charge is 2.38. The molecule has 1 saturated heterocycles. The van der Waals surface area contributed by atoms with E-state index in [-0.39, 0.29) is 36.8 Å². The van der Waals surface area contributed by atoms with Crippen LogP contribution in [0.2, 0.25) is 0 Å². The molecule has 1 aromatic heterocycles. The van der Waals surface area contributed by atoms with E-state index in [1.807, 2.05) is 36.4 Å². The lowest BCUT2D eigenvalue weighted by Gasteiger charge is -2.24. The van der Waals surface area contributed by atoms with Gasteiger partial charge in [-0.25, -0.2) is 0 Å². The molecule has 3 atom stereocenters. The summed E-state index contributed by atoms with van der Waals surface area (Å²) in [6.45, 7) is 0.457. The maximum Gasteiger partial charge on any atom is 0.241 e. The zero-order valence-corrected chi connectivity index (χ0v) is 17.3. The SMILES string of the molecule is Cl.Cl.O=C(Nc1cccc(OCc2cccnc2)c1)C1CC2CCCCC2N1. The summed E-state index contributed by atoms with van der Waals surface area (Å²) in [4.78, 5) is 16.7. The van der Waals surface area contributed by atoms with Crippen LogP contribution in [0.4, 0.5) is 5.69 Å². The van der Waals surface area contributed by atoms with Gasteiger partial charge < -0.3 is 15.4 Å². The van der Waals surface area contributed by atoms with Gasteiger partial charge >= 0.3 is 0 Å². The standard InChI is InChI=1S/C21H25N3O2.2ClH/c25-21(20-11-16-6-1-2-9-19(16)24-20)23-17-7-3-8-18(12-17)26-14-15-5-4-10-22-13-15;;/h3-5,7-8,10,12-13,16,19-20,24H,1-2,6,9,11,14H2,(H,23,25);2*1H. The Morgan fingerprint density at radius 1 is 1.18 bits per heavy atom. The van der Waals surface area contributed by atoms with Crippen molar-refractivity contribution in [1.82, 2.24) is 10.3 Å². The Bertz CT molecular complexity index is 746. The number of ether oxygens (including phenoxy) is 1. The van der Waals surface area contributed by atoms with Gasteiger partial charge in [-0.2, -0.15) is 0 Å². The zero-order valence-electron chi connectivity index (χ0n) is 15.7. The number of amides is 1. The van der Waals surface area contributed by atoms with Crippen molar-refractivity contribution in [3.05, 3.63) is 54.4 Å². The van der Waals surface area contributed by atoms with Gasteiger partial charge in [0.25, 0.3) is 0 Å². The van der Waals surface area contributed by atoms with Gasteiger partial charge in [-0.3, -0.25) is 9.78 Å². The molecule has 1 saturated carbocycles. The third-order valence-corrected chi connectivity index (χ3v) is 5.41. The lowest BCUT2D eigenvalue weighted by atomic mass is 9.85. The van der Waals surface area contributed by atoms with Gasteiger partial charge in [0, 0.05) is 35.8 Å². The second kappa shape index (κ2) is 10.6. The van der Waals surface area contributed by atoms with E-state index in [1.54, 1.807) is 12.4 Å². The molecule has 2 aromatic rings. The number of benzene rings is 1. The van der Waals surface area contributed by atoms with Crippen LogP contribution in [0.1, 0.15) is 37.7 Å². The molecule has 3 unspecified atom stereocenters. The Labute approximate surface area is 178 Å². The van der Waals surface area contributed by atoms with Crippen LogP contribution in [-0.4, -0.2) is 23.0 Å². The Kier molecular flexibility index (Phi) is 8.55. The second-order valence-electron chi connectivity index (χ2n) is 7.27. The molecular formula is C21H27Cl2N3O2. The first-order chi connectivity index (χ1) is 12.8. The third kappa shape index (κ3) is 5.60. The van der Waals surface area contributed by atoms with Crippen LogP contribution >= 0.6 is 24.8 Å². The lowest BCUT2D eigenvalue weighted by Crippen LogP contribution is -2.39. The van der Waals surface area contributed by atoms with Gasteiger partial charge in [0.1, 0.15) is 12.4 Å². The molecule has 1 aromatic carbocycles. The number of halogens is 2. The first-order valence-electron chi connectivity index (χ1n) is 9.46. The summed E-state index contributed by atoms with van der Waals surface area (Å²) < 4.78 is 5.81. The zero-order chi connectivity index (χ0) is 17.8. The molecule has 0 radical (unpaired) electrons. The predicted molar refractivity (Wildman–Crippen MR) is 115 cm³/mol. The summed E-state index contributed by atoms with van der Waals surface area (Å²) in [5.74, 6) is 1.46. The molecule has 1 aliphatic carbocycles. The van der Waals surface area contributed by atoms with Crippen LogP contribution in [0.3, 0.4) is 0 Å². The molecule has 4 rings (SSSR count). The average molecular weight is 424 g/mol. The molecule has 2 fully saturated rings. The Morgan fingerprint density at radius 2 is 2.04 bits per heavy atom. The number of pyridine rings is 1. The van der Waals surface area contributed by atoms with Gasteiger partial charge in [-0.15, -0.1) is 24.8 Å². The first kappa shape index (κ1) is 22.5. The van der Waals surface area contributed by atoms with Crippen molar-refractivity contribution in [2.45, 2.75) is 50.8 Å². The summed E-state index contributed by atoms with van der Waals surface area (Å²) in [5.41, 5.74) is 1.79. The number of fused-ring (bicyclic) bond motifs is 1. The van der Waals surface area contributed by atoms with Gasteiger partial charge in [-0.1, -0.05) is 25.0 Å². The molecule has 0 spiro atoms. The van der Waals surface area contributed by atoms with Crippen LogP contribution in [-0.2, 0) is 11.4 Å². The molecule has 7 heteroatoms. The normalized spacial score (nSPS) is 22.9. The van der Waals surface area contributed by atoms with E-state index in [9.17, 15) is 4.79 Å². The highest BCUT2D eigenvalue weighted by atomic mass is 35.5. The van der Waals surface area contributed by atoms with Crippen molar-refractivity contribution in [3.8, 4) is 5.75 Å². The molecule has 1 aliphatic heterocycles. The van der Waals surface area contributed by atoms with Gasteiger partial charge in [-0.05, 0) is 43.4 Å². The minimum absolute atomic E-state index is 0. The summed E-state index contributed by atoms with van der Waals surface area (Å²) >= 11 is 0. The molecule has 28 heavy (non-hydrogen) atoms. The number of nitrogens with one attached hydrogen (secondary N) is 2. The van der Waals surface area contributed by atoms with Crippen LogP contribution in [0.5, 0.6) is 5.75 Å². The van der Waals surface area contributed by atoms with Crippen molar-refractivity contribution in [3.63, 3.8) is 0 Å². The Morgan fingerprint density at radius 3 is 2.82 bits per heavy atom. The number of anilines is 1. The highest BCUT2D eigenvalue weighted by Crippen LogP contribution is 2.33. The van der Waals surface area contributed by atoms with Crippen molar-refractivity contribution < 1.29 is 9.53 Å². The van der Waals surface area contributed by atoms with Gasteiger partial charge in [0.15, 0.2) is 0 Å². The van der Waals surface area contributed by atoms with E-state index in [0.29, 0.717) is 18.6 Å². The largest absolute Gasteiger partial charge is 0.489 e. The fraction of sp³-hybridized carbons (Fsp3) is 0.429. The third-order valence-electron chi connectivity index (χ3n) is 5.41. The molecule has 0 bridgehead atoms. The second-order valence-corrected chi connectivity index (χ2v) is 7.27. The monoisotopic (exact) mass is 423 g/mol. The Balaban J connectivity index is 0.00000140. The van der Waals surface area contributed by atoms with E-state index in [2.05, 4.69) is 15.6 Å². The molecule has 152 valence electrons. The number of hydrogen-bond donors (Lipinski definition) is 2. The molecule has 2 heterocycles. The molecule has 1 amide bonds. The fourth-order valence-corrected chi connectivity index (χ4v) is 4.06. The highest BCUT2D eigenvalue weighted by molar-refractivity contribution is 5.95. The summed E-state index contributed by atoms with van der Waals surface area (Å²) in [5, 5.41) is 6.56. The summed E-state index contributed by atoms with van der Waals surface area (Å²) in [6, 6.07) is 11.9. The number of aromatic nitrogens is 1. The predicted octanol–water partition coefficient (Wildman–Crippen LogP) is 4.36. The van der Waals surface area contributed by atoms with Gasteiger partial charge in [0.05, 0.1) is 6.04 Å². The topological polar surface area (TPSA) is 63.2 Å². The van der Waals surface area contributed by atoms with Crippen molar-refractivity contribution in [2.24, 2.45) is 5.92 Å². The van der Waals surface area contributed by atoms with Gasteiger partial charge in [0.2, 0.25) is 5.91 Å². The van der Waals surface area contributed by atoms with Crippen LogP contribution < -0.4 is 15.4 Å². The first-order valence-corrected chi connectivity index (χ1v) is 9.46. The molecular weight excluding hydrogens is 397 g/mol. The van der Waals surface area contributed by atoms with Crippen molar-refractivity contribution in [1.29, 1.82) is 0 Å². The summed E-state index contributed by atoms with van der Waals surface area (Å²) in [7, 11) is 0. The van der Waals surface area contributed by atoms with E-state index < -0.39 is 0 Å². The van der Waals surface area contributed by atoms with Crippen molar-refractivity contribution in [2.75, 3.05) is 5.32 Å². The number of rotatable bonds is 5. The smallest absolute Gasteiger partial charge is 0.241 e. The molecule has 2 N–H and O–H groups in total. The Hall–Kier alpha value is -1.82. The number of carbonyl (C=O) groups is 1.